The Kier molecular flexibility index (Phi) is 9.88. The van der Waals surface area contributed by atoms with Gasteiger partial charge in [-0.2, -0.15) is 0 Å². The van der Waals surface area contributed by atoms with E-state index in [1.165, 1.54) is 17.9 Å². The Morgan fingerprint density at radius 3 is 2.12 bits per heavy atom. The van der Waals surface area contributed by atoms with Crippen molar-refractivity contribution < 1.29 is 29.3 Å². The highest BCUT2D eigenvalue weighted by atomic mass is 16.6. The summed E-state index contributed by atoms with van der Waals surface area (Å²) in [5, 5.41) is 23.0. The zero-order chi connectivity index (χ0) is 28.3. The Hall–Kier alpha value is -4.66. The summed E-state index contributed by atoms with van der Waals surface area (Å²) in [5.74, 6) is 0.536. The summed E-state index contributed by atoms with van der Waals surface area (Å²) >= 11 is 0. The minimum atomic E-state index is -1.83. The van der Waals surface area contributed by atoms with Crippen LogP contribution in [-0.2, 0) is 27.4 Å². The summed E-state index contributed by atoms with van der Waals surface area (Å²) in [7, 11) is 0. The number of nitrogens with one attached hydrogen (secondary N) is 1. The number of benzene rings is 3. The van der Waals surface area contributed by atoms with Crippen LogP contribution < -0.4 is 5.32 Å². The van der Waals surface area contributed by atoms with E-state index in [1.54, 1.807) is 0 Å². The summed E-state index contributed by atoms with van der Waals surface area (Å²) in [6, 6.07) is 27.7. The van der Waals surface area contributed by atoms with Crippen molar-refractivity contribution in [3.8, 4) is 0 Å². The van der Waals surface area contributed by atoms with Crippen molar-refractivity contribution in [3.05, 3.63) is 107 Å². The lowest BCUT2D eigenvalue weighted by molar-refractivity contribution is -0.136. The van der Waals surface area contributed by atoms with Crippen molar-refractivity contribution in [2.24, 2.45) is 11.0 Å². The lowest BCUT2D eigenvalue weighted by Gasteiger charge is -2.25. The van der Waals surface area contributed by atoms with Gasteiger partial charge in [0.2, 0.25) is 11.8 Å². The number of ether oxygens (including phenoxy) is 1. The van der Waals surface area contributed by atoms with Crippen LogP contribution in [0.15, 0.2) is 90.0 Å². The first kappa shape index (κ1) is 28.4. The zero-order valence-corrected chi connectivity index (χ0v) is 22.1. The largest absolute Gasteiger partial charge is 0.503 e. The lowest BCUT2D eigenvalue weighted by Crippen LogP contribution is -2.36. The number of hydrazone groups is 1. The van der Waals surface area contributed by atoms with Gasteiger partial charge in [-0.15, -0.1) is 5.10 Å². The average molecular weight is 544 g/mol. The van der Waals surface area contributed by atoms with E-state index in [9.17, 15) is 9.59 Å². The van der Waals surface area contributed by atoms with Crippen LogP contribution in [0.1, 0.15) is 53.9 Å². The first-order valence-corrected chi connectivity index (χ1v) is 13.3. The molecule has 3 aromatic rings. The monoisotopic (exact) mass is 543 g/mol. The molecule has 1 aliphatic carbocycles. The van der Waals surface area contributed by atoms with Gasteiger partial charge in [-0.1, -0.05) is 85.6 Å². The predicted molar refractivity (Wildman–Crippen MR) is 150 cm³/mol. The fourth-order valence-electron chi connectivity index (χ4n) is 5.07. The normalized spacial score (nSPS) is 15.8. The van der Waals surface area contributed by atoms with Crippen LogP contribution in [0.2, 0.25) is 0 Å². The molecule has 40 heavy (non-hydrogen) atoms. The molecule has 2 amide bonds. The van der Waals surface area contributed by atoms with Crippen LogP contribution in [0.3, 0.4) is 0 Å². The number of hydrogen-bond acceptors (Lipinski definition) is 5. The Balaban J connectivity index is 0.000000867. The number of nitrogens with zero attached hydrogens (tertiary/aromatic N) is 2. The summed E-state index contributed by atoms with van der Waals surface area (Å²) in [6.07, 6.45) is 2.66. The second-order valence-electron chi connectivity index (χ2n) is 9.76. The molecule has 3 N–H and O–H groups in total. The smallest absolute Gasteiger partial charge is 0.466 e. The third-order valence-electron chi connectivity index (χ3n) is 6.99. The SMILES string of the molecule is O=C(NCc1ccccc1)C(c1ccc(CN2N=C(c3ccccc3)OCC2=O)cc1)C1CCCC1.O=C(O)O. The maximum atomic E-state index is 13.3. The van der Waals surface area contributed by atoms with E-state index in [4.69, 9.17) is 19.7 Å². The molecular weight excluding hydrogens is 510 g/mol. The fourth-order valence-corrected chi connectivity index (χ4v) is 5.07. The van der Waals surface area contributed by atoms with Crippen molar-refractivity contribution in [2.75, 3.05) is 6.61 Å². The Morgan fingerprint density at radius 1 is 0.900 bits per heavy atom. The second kappa shape index (κ2) is 13.9. The molecule has 208 valence electrons. The molecular formula is C31H33N3O6. The van der Waals surface area contributed by atoms with Crippen molar-refractivity contribution in [1.29, 1.82) is 0 Å². The van der Waals surface area contributed by atoms with Crippen LogP contribution in [-0.4, -0.2) is 45.7 Å². The van der Waals surface area contributed by atoms with E-state index in [-0.39, 0.29) is 24.3 Å². The van der Waals surface area contributed by atoms with Crippen LogP contribution >= 0.6 is 0 Å². The molecule has 1 fully saturated rings. The van der Waals surface area contributed by atoms with E-state index in [1.807, 2.05) is 84.9 Å². The Morgan fingerprint density at radius 2 is 1.50 bits per heavy atom. The maximum absolute atomic E-state index is 13.3. The molecule has 1 heterocycles. The van der Waals surface area contributed by atoms with E-state index < -0.39 is 6.16 Å². The first-order valence-electron chi connectivity index (χ1n) is 13.3. The van der Waals surface area contributed by atoms with Crippen molar-refractivity contribution in [2.45, 2.75) is 44.7 Å². The molecule has 9 heteroatoms. The van der Waals surface area contributed by atoms with Crippen molar-refractivity contribution in [3.63, 3.8) is 0 Å². The maximum Gasteiger partial charge on any atom is 0.503 e. The summed E-state index contributed by atoms with van der Waals surface area (Å²) in [4.78, 5) is 34.3. The standard InChI is InChI=1S/C30H31N3O3.CH2O3/c34-27-21-36-30(26-13-5-2-6-14-26)32-33(27)20-23-15-17-25(18-16-23)28(24-11-7-8-12-24)29(35)31-19-22-9-3-1-4-10-22;2-1(3)4/h1-6,9-10,13-18,24,28H,7-8,11-12,19-21H2,(H,31,35);(H2,2,3,4). The number of carbonyl (C=O) groups is 3. The average Bonchev–Trinajstić information content (AvgIpc) is 3.49. The molecule has 2 aliphatic rings. The molecule has 0 spiro atoms. The predicted octanol–water partition coefficient (Wildman–Crippen LogP) is 5.22. The number of carboxylic acid groups (broad SMARTS) is 2. The van der Waals surface area contributed by atoms with Gasteiger partial charge in [0.25, 0.3) is 5.91 Å². The van der Waals surface area contributed by atoms with E-state index in [0.29, 0.717) is 24.9 Å². The lowest BCUT2D eigenvalue weighted by atomic mass is 9.83. The third-order valence-corrected chi connectivity index (χ3v) is 6.99. The van der Waals surface area contributed by atoms with E-state index in [2.05, 4.69) is 10.4 Å². The molecule has 0 radical (unpaired) electrons. The molecule has 1 aliphatic heterocycles. The van der Waals surface area contributed by atoms with E-state index >= 15 is 0 Å². The quantitative estimate of drug-likeness (QED) is 0.357. The first-order chi connectivity index (χ1) is 19.4. The fraction of sp³-hybridized carbons (Fsp3) is 0.290. The van der Waals surface area contributed by atoms with Crippen molar-refractivity contribution in [1.82, 2.24) is 10.3 Å². The number of hydrogen-bond donors (Lipinski definition) is 3. The van der Waals surface area contributed by atoms with Gasteiger partial charge in [0.15, 0.2) is 6.61 Å². The van der Waals surface area contributed by atoms with Gasteiger partial charge in [0.05, 0.1) is 12.5 Å². The van der Waals surface area contributed by atoms with E-state index in [0.717, 1.165) is 35.1 Å². The molecule has 0 bridgehead atoms. The highest BCUT2D eigenvalue weighted by Gasteiger charge is 2.32. The number of carbonyl (C=O) groups excluding carboxylic acids is 2. The molecule has 1 atom stereocenters. The van der Waals surface area contributed by atoms with Gasteiger partial charge in [0.1, 0.15) is 0 Å². The van der Waals surface area contributed by atoms with Gasteiger partial charge in [-0.25, -0.2) is 9.80 Å². The van der Waals surface area contributed by atoms with Crippen LogP contribution in [0, 0.1) is 5.92 Å². The number of rotatable bonds is 8. The minimum Gasteiger partial charge on any atom is -0.466 e. The molecule has 1 unspecified atom stereocenters. The van der Waals surface area contributed by atoms with Gasteiger partial charge in [-0.3, -0.25) is 9.59 Å². The Bertz CT molecular complexity index is 1300. The summed E-state index contributed by atoms with van der Waals surface area (Å²) in [6.45, 7) is 0.853. The number of amides is 2. The minimum absolute atomic E-state index is 0.0306. The summed E-state index contributed by atoms with van der Waals surface area (Å²) in [5.41, 5.74) is 3.92. The molecule has 9 nitrogen and oxygen atoms in total. The van der Waals surface area contributed by atoms with Crippen LogP contribution in [0.5, 0.6) is 0 Å². The second-order valence-corrected chi connectivity index (χ2v) is 9.76. The van der Waals surface area contributed by atoms with Gasteiger partial charge in [0, 0.05) is 12.1 Å². The third kappa shape index (κ3) is 7.92. The zero-order valence-electron chi connectivity index (χ0n) is 22.1. The highest BCUT2D eigenvalue weighted by Crippen LogP contribution is 2.37. The molecule has 3 aromatic carbocycles. The topological polar surface area (TPSA) is 129 Å². The van der Waals surface area contributed by atoms with Crippen molar-refractivity contribution >= 4 is 23.9 Å². The van der Waals surface area contributed by atoms with Gasteiger partial charge >= 0.3 is 6.16 Å². The summed E-state index contributed by atoms with van der Waals surface area (Å²) < 4.78 is 5.55. The molecule has 0 aromatic heterocycles. The van der Waals surface area contributed by atoms with Crippen LogP contribution in [0.4, 0.5) is 4.79 Å². The highest BCUT2D eigenvalue weighted by molar-refractivity contribution is 5.97. The van der Waals surface area contributed by atoms with Crippen LogP contribution in [0.25, 0.3) is 0 Å². The Labute approximate surface area is 233 Å². The molecule has 1 saturated carbocycles. The van der Waals surface area contributed by atoms with Gasteiger partial charge in [-0.05, 0) is 47.6 Å². The van der Waals surface area contributed by atoms with Gasteiger partial charge < -0.3 is 20.3 Å². The molecule has 5 rings (SSSR count). The molecule has 0 saturated heterocycles.